The van der Waals surface area contributed by atoms with E-state index in [1.54, 1.807) is 10.9 Å². The van der Waals surface area contributed by atoms with Crippen LogP contribution in [0.15, 0.2) is 60.9 Å². The average Bonchev–Trinajstić information content (AvgIpc) is 3.20. The maximum Gasteiger partial charge on any atom is 0.306 e. The van der Waals surface area contributed by atoms with Gasteiger partial charge in [-0.05, 0) is 42.3 Å². The number of para-hydroxylation sites is 1. The highest BCUT2D eigenvalue weighted by molar-refractivity contribution is 5.98. The zero-order valence-electron chi connectivity index (χ0n) is 15.3. The molecule has 0 amide bonds. The summed E-state index contributed by atoms with van der Waals surface area (Å²) in [6, 6.07) is 13.5. The largest absolute Gasteiger partial charge is 0.494 e. The van der Waals surface area contributed by atoms with E-state index in [1.165, 1.54) is 19.2 Å². The van der Waals surface area contributed by atoms with Crippen molar-refractivity contribution in [3.63, 3.8) is 0 Å². The quantitative estimate of drug-likeness (QED) is 0.441. The van der Waals surface area contributed by atoms with E-state index in [4.69, 9.17) is 9.47 Å². The number of hydrogen-bond acceptors (Lipinski definition) is 5. The van der Waals surface area contributed by atoms with Gasteiger partial charge >= 0.3 is 5.97 Å². The van der Waals surface area contributed by atoms with E-state index >= 15 is 0 Å². The van der Waals surface area contributed by atoms with Gasteiger partial charge in [0.2, 0.25) is 0 Å². The Balaban J connectivity index is 1.48. The van der Waals surface area contributed by atoms with Gasteiger partial charge in [0.15, 0.2) is 24.0 Å². The highest BCUT2D eigenvalue weighted by Gasteiger charge is 2.13. The normalized spacial score (nSPS) is 10.5. The summed E-state index contributed by atoms with van der Waals surface area (Å²) in [5.74, 6) is -1.58. The Morgan fingerprint density at radius 3 is 2.64 bits per heavy atom. The fourth-order valence-corrected chi connectivity index (χ4v) is 2.60. The van der Waals surface area contributed by atoms with Gasteiger partial charge in [-0.25, -0.2) is 9.07 Å². The van der Waals surface area contributed by atoms with Crippen molar-refractivity contribution in [2.24, 2.45) is 0 Å². The maximum absolute atomic E-state index is 13.6. The second kappa shape index (κ2) is 8.94. The van der Waals surface area contributed by atoms with Crippen LogP contribution < -0.4 is 4.74 Å². The van der Waals surface area contributed by atoms with E-state index in [0.717, 1.165) is 17.3 Å². The van der Waals surface area contributed by atoms with Gasteiger partial charge in [0.1, 0.15) is 0 Å². The van der Waals surface area contributed by atoms with E-state index in [2.05, 4.69) is 5.10 Å². The average molecular weight is 382 g/mol. The fourth-order valence-electron chi connectivity index (χ4n) is 2.60. The summed E-state index contributed by atoms with van der Waals surface area (Å²) in [5.41, 5.74) is 1.92. The van der Waals surface area contributed by atoms with Gasteiger partial charge in [0, 0.05) is 18.2 Å². The third-order valence-electron chi connectivity index (χ3n) is 4.11. The number of rotatable bonds is 8. The Hall–Kier alpha value is -3.48. The molecule has 7 heteroatoms. The smallest absolute Gasteiger partial charge is 0.306 e. The van der Waals surface area contributed by atoms with Crippen LogP contribution in [0.4, 0.5) is 4.39 Å². The minimum absolute atomic E-state index is 0.0459. The topological polar surface area (TPSA) is 70.4 Å². The first-order valence-electron chi connectivity index (χ1n) is 8.68. The maximum atomic E-state index is 13.6. The highest BCUT2D eigenvalue weighted by Crippen LogP contribution is 2.18. The first kappa shape index (κ1) is 19.3. The number of benzene rings is 2. The van der Waals surface area contributed by atoms with Gasteiger partial charge < -0.3 is 9.47 Å². The van der Waals surface area contributed by atoms with Crippen molar-refractivity contribution in [1.29, 1.82) is 0 Å². The summed E-state index contributed by atoms with van der Waals surface area (Å²) in [5, 5.41) is 4.27. The van der Waals surface area contributed by atoms with Gasteiger partial charge in [-0.2, -0.15) is 5.10 Å². The second-order valence-electron chi connectivity index (χ2n) is 6.06. The predicted octanol–water partition coefficient (Wildman–Crippen LogP) is 3.38. The van der Waals surface area contributed by atoms with E-state index in [9.17, 15) is 14.0 Å². The molecule has 28 heavy (non-hydrogen) atoms. The molecule has 0 spiro atoms. The van der Waals surface area contributed by atoms with Crippen molar-refractivity contribution >= 4 is 11.8 Å². The van der Waals surface area contributed by atoms with Crippen LogP contribution >= 0.6 is 0 Å². The zero-order chi connectivity index (χ0) is 19.9. The lowest BCUT2D eigenvalue weighted by Gasteiger charge is -2.06. The molecule has 1 aromatic heterocycles. The second-order valence-corrected chi connectivity index (χ2v) is 6.06. The monoisotopic (exact) mass is 382 g/mol. The van der Waals surface area contributed by atoms with Crippen LogP contribution in [-0.4, -0.2) is 35.2 Å². The number of carbonyl (C=O) groups is 2. The number of carbonyl (C=O) groups excluding carboxylic acids is 2. The number of ketones is 1. The lowest BCUT2D eigenvalue weighted by atomic mass is 10.1. The van der Waals surface area contributed by atoms with Crippen molar-refractivity contribution in [3.8, 4) is 11.4 Å². The molecular weight excluding hydrogens is 363 g/mol. The molecule has 0 aliphatic rings. The van der Waals surface area contributed by atoms with E-state index in [-0.39, 0.29) is 17.7 Å². The van der Waals surface area contributed by atoms with Gasteiger partial charge in [-0.3, -0.25) is 9.59 Å². The SMILES string of the molecule is COc1ccc(C(=O)COC(=O)CCc2cnn(-c3ccccc3)c2)cc1F. The number of methoxy groups -OCH3 is 1. The van der Waals surface area contributed by atoms with Gasteiger partial charge in [0.25, 0.3) is 0 Å². The first-order valence-corrected chi connectivity index (χ1v) is 8.68. The molecule has 0 saturated heterocycles. The van der Waals surface area contributed by atoms with Crippen LogP contribution in [0.1, 0.15) is 22.3 Å². The summed E-state index contributed by atoms with van der Waals surface area (Å²) in [4.78, 5) is 23.9. The Labute approximate surface area is 161 Å². The molecule has 0 fully saturated rings. The molecule has 3 aromatic rings. The molecule has 2 aromatic carbocycles. The molecule has 6 nitrogen and oxygen atoms in total. The Morgan fingerprint density at radius 2 is 1.93 bits per heavy atom. The number of aryl methyl sites for hydroxylation is 1. The van der Waals surface area contributed by atoms with Crippen molar-refractivity contribution in [1.82, 2.24) is 9.78 Å². The number of Topliss-reactive ketones (excluding diaryl/α,β-unsaturated/α-hetero) is 1. The number of nitrogens with zero attached hydrogens (tertiary/aromatic N) is 2. The van der Waals surface area contributed by atoms with E-state index < -0.39 is 24.2 Å². The van der Waals surface area contributed by atoms with Gasteiger partial charge in [-0.15, -0.1) is 0 Å². The molecule has 0 aliphatic heterocycles. The number of aromatic nitrogens is 2. The van der Waals surface area contributed by atoms with E-state index in [1.807, 2.05) is 36.5 Å². The first-order chi connectivity index (χ1) is 13.6. The molecule has 0 unspecified atom stereocenters. The molecule has 0 radical (unpaired) electrons. The van der Waals surface area contributed by atoms with Crippen LogP contribution in [0, 0.1) is 5.82 Å². The molecular formula is C21H19FN2O4. The zero-order valence-corrected chi connectivity index (χ0v) is 15.3. The summed E-state index contributed by atoms with van der Waals surface area (Å²) >= 11 is 0. The standard InChI is InChI=1S/C21H19FN2O4/c1-27-20-9-8-16(11-18(20)22)19(25)14-28-21(26)10-7-15-12-23-24(13-15)17-5-3-2-4-6-17/h2-6,8-9,11-13H,7,10,14H2,1H3. The van der Waals surface area contributed by atoms with Crippen LogP contribution in [0.2, 0.25) is 0 Å². The fraction of sp³-hybridized carbons (Fsp3) is 0.190. The molecule has 0 atom stereocenters. The number of ether oxygens (including phenoxy) is 2. The minimum Gasteiger partial charge on any atom is -0.494 e. The molecule has 0 saturated carbocycles. The van der Waals surface area contributed by atoms with Crippen LogP contribution in [0.3, 0.4) is 0 Å². The molecule has 0 bridgehead atoms. The molecule has 0 aliphatic carbocycles. The summed E-state index contributed by atoms with van der Waals surface area (Å²) in [6.45, 7) is -0.437. The van der Waals surface area contributed by atoms with E-state index in [0.29, 0.717) is 6.42 Å². The number of hydrogen-bond donors (Lipinski definition) is 0. The minimum atomic E-state index is -0.643. The highest BCUT2D eigenvalue weighted by atomic mass is 19.1. The number of esters is 1. The van der Waals surface area contributed by atoms with Gasteiger partial charge in [0.05, 0.1) is 19.0 Å². The van der Waals surface area contributed by atoms with Crippen molar-refractivity contribution in [3.05, 3.63) is 77.9 Å². The molecule has 3 rings (SSSR count). The summed E-state index contributed by atoms with van der Waals surface area (Å²) in [6.07, 6.45) is 4.08. The number of halogens is 1. The molecule has 144 valence electrons. The van der Waals surface area contributed by atoms with Crippen molar-refractivity contribution in [2.75, 3.05) is 13.7 Å². The van der Waals surface area contributed by atoms with Crippen LogP contribution in [0.25, 0.3) is 5.69 Å². The summed E-state index contributed by atoms with van der Waals surface area (Å²) in [7, 11) is 1.34. The Bertz CT molecular complexity index is 970. The van der Waals surface area contributed by atoms with Crippen LogP contribution in [-0.2, 0) is 16.0 Å². The van der Waals surface area contributed by atoms with Crippen molar-refractivity contribution in [2.45, 2.75) is 12.8 Å². The lowest BCUT2D eigenvalue weighted by molar-refractivity contribution is -0.142. The third kappa shape index (κ3) is 4.82. The van der Waals surface area contributed by atoms with Crippen LogP contribution in [0.5, 0.6) is 5.75 Å². The third-order valence-corrected chi connectivity index (χ3v) is 4.11. The Morgan fingerprint density at radius 1 is 1.14 bits per heavy atom. The molecule has 1 heterocycles. The lowest BCUT2D eigenvalue weighted by Crippen LogP contribution is -2.14. The predicted molar refractivity (Wildman–Crippen MR) is 100 cm³/mol. The van der Waals surface area contributed by atoms with Crippen molar-refractivity contribution < 1.29 is 23.5 Å². The molecule has 0 N–H and O–H groups in total. The Kier molecular flexibility index (Phi) is 6.16. The summed E-state index contributed by atoms with van der Waals surface area (Å²) < 4.78 is 25.2. The van der Waals surface area contributed by atoms with Gasteiger partial charge in [-0.1, -0.05) is 18.2 Å².